The van der Waals surface area contributed by atoms with Crippen molar-refractivity contribution < 1.29 is 9.59 Å². The van der Waals surface area contributed by atoms with Gasteiger partial charge in [-0.25, -0.2) is 0 Å². The third kappa shape index (κ3) is 2.60. The molecule has 0 heterocycles. The fraction of sp³-hybridized carbons (Fsp3) is 0.655. The molecular formula is C29H37NO2. The average Bonchev–Trinajstić information content (AvgIpc) is 3.10. The van der Waals surface area contributed by atoms with E-state index in [-0.39, 0.29) is 16.7 Å². The van der Waals surface area contributed by atoms with Crippen molar-refractivity contribution in [3.05, 3.63) is 41.0 Å². The highest BCUT2D eigenvalue weighted by Crippen LogP contribution is 2.72. The second-order valence-corrected chi connectivity index (χ2v) is 12.1. The number of ketones is 2. The molecule has 5 aliphatic rings. The maximum absolute atomic E-state index is 12.7. The van der Waals surface area contributed by atoms with Crippen LogP contribution in [0.5, 0.6) is 0 Å². The molecule has 32 heavy (non-hydrogen) atoms. The van der Waals surface area contributed by atoms with E-state index in [1.165, 1.54) is 29.7 Å². The molecule has 0 radical (unpaired) electrons. The van der Waals surface area contributed by atoms with Crippen molar-refractivity contribution in [1.82, 2.24) is 0 Å². The summed E-state index contributed by atoms with van der Waals surface area (Å²) in [5.41, 5.74) is 6.06. The maximum Gasteiger partial charge on any atom is 0.155 e. The molecule has 0 aromatic heterocycles. The van der Waals surface area contributed by atoms with Crippen molar-refractivity contribution in [2.45, 2.75) is 71.1 Å². The van der Waals surface area contributed by atoms with Gasteiger partial charge in [-0.1, -0.05) is 18.6 Å². The minimum absolute atomic E-state index is 0.124. The van der Waals surface area contributed by atoms with Gasteiger partial charge in [0.1, 0.15) is 5.78 Å². The number of rotatable bonds is 2. The Balaban J connectivity index is 1.54. The SMILES string of the molecule is CC(=O)[C@H]1CC[C@H]2[C@@H]3CCC4=CC(=O)CC[C@@]45Cc4cc(N(C)C)ccc4[C@@H](C[C@]12C)[C@@H]35. The van der Waals surface area contributed by atoms with Crippen LogP contribution < -0.4 is 4.90 Å². The summed E-state index contributed by atoms with van der Waals surface area (Å²) in [4.78, 5) is 27.4. The van der Waals surface area contributed by atoms with Gasteiger partial charge in [0.25, 0.3) is 0 Å². The Labute approximate surface area is 192 Å². The Morgan fingerprint density at radius 3 is 2.69 bits per heavy atom. The zero-order chi connectivity index (χ0) is 22.4. The first kappa shape index (κ1) is 20.7. The Kier molecular flexibility index (Phi) is 4.40. The van der Waals surface area contributed by atoms with Crippen molar-refractivity contribution >= 4 is 17.3 Å². The molecule has 1 aromatic rings. The average molecular weight is 432 g/mol. The van der Waals surface area contributed by atoms with E-state index < -0.39 is 0 Å². The smallest absolute Gasteiger partial charge is 0.155 e. The maximum atomic E-state index is 12.7. The highest BCUT2D eigenvalue weighted by molar-refractivity contribution is 5.91. The Morgan fingerprint density at radius 2 is 1.94 bits per heavy atom. The van der Waals surface area contributed by atoms with Crippen molar-refractivity contribution in [2.24, 2.45) is 34.5 Å². The fourth-order valence-electron chi connectivity index (χ4n) is 9.54. The van der Waals surface area contributed by atoms with Gasteiger partial charge in [-0.3, -0.25) is 9.59 Å². The molecule has 0 unspecified atom stereocenters. The van der Waals surface area contributed by atoms with Gasteiger partial charge in [-0.15, -0.1) is 0 Å². The number of anilines is 1. The summed E-state index contributed by atoms with van der Waals surface area (Å²) < 4.78 is 0. The number of nitrogens with zero attached hydrogens (tertiary/aromatic N) is 1. The molecule has 0 N–H and O–H groups in total. The van der Waals surface area contributed by atoms with Gasteiger partial charge in [-0.05, 0) is 116 Å². The highest BCUT2D eigenvalue weighted by Gasteiger charge is 2.65. The summed E-state index contributed by atoms with van der Waals surface area (Å²) in [5, 5.41) is 0. The molecule has 3 fully saturated rings. The van der Waals surface area contributed by atoms with Gasteiger partial charge >= 0.3 is 0 Å². The van der Waals surface area contributed by atoms with Gasteiger partial charge in [0.05, 0.1) is 0 Å². The first-order valence-electron chi connectivity index (χ1n) is 12.8. The van der Waals surface area contributed by atoms with Gasteiger partial charge in [0.2, 0.25) is 0 Å². The molecule has 7 atom stereocenters. The molecule has 1 aromatic carbocycles. The van der Waals surface area contributed by atoms with Gasteiger partial charge in [0.15, 0.2) is 5.78 Å². The van der Waals surface area contributed by atoms with Crippen LogP contribution in [-0.4, -0.2) is 25.7 Å². The van der Waals surface area contributed by atoms with Crippen molar-refractivity contribution in [3.63, 3.8) is 0 Å². The van der Waals surface area contributed by atoms with Crippen LogP contribution in [0.25, 0.3) is 0 Å². The molecule has 1 spiro atoms. The van der Waals surface area contributed by atoms with E-state index in [9.17, 15) is 9.59 Å². The van der Waals surface area contributed by atoms with Crippen LogP contribution in [-0.2, 0) is 16.0 Å². The molecule has 5 aliphatic carbocycles. The van der Waals surface area contributed by atoms with Gasteiger partial charge in [0, 0.05) is 32.1 Å². The van der Waals surface area contributed by atoms with E-state index in [1.54, 1.807) is 5.56 Å². The molecule has 3 saturated carbocycles. The second-order valence-electron chi connectivity index (χ2n) is 12.1. The summed E-state index contributed by atoms with van der Waals surface area (Å²) in [6.07, 6.45) is 10.6. The Hall–Kier alpha value is -1.90. The van der Waals surface area contributed by atoms with Gasteiger partial charge < -0.3 is 4.90 Å². The number of Topliss-reactive ketones (excluding diaryl/α,β-unsaturated/α-hetero) is 1. The molecule has 6 rings (SSSR count). The summed E-state index contributed by atoms with van der Waals surface area (Å²) in [7, 11) is 4.24. The topological polar surface area (TPSA) is 37.4 Å². The lowest BCUT2D eigenvalue weighted by Gasteiger charge is -2.64. The predicted octanol–water partition coefficient (Wildman–Crippen LogP) is 5.72. The summed E-state index contributed by atoms with van der Waals surface area (Å²) in [5.74, 6) is 3.47. The molecule has 0 aliphatic heterocycles. The largest absolute Gasteiger partial charge is 0.378 e. The molecule has 0 bridgehead atoms. The molecule has 3 heteroatoms. The molecular weight excluding hydrogens is 394 g/mol. The first-order valence-corrected chi connectivity index (χ1v) is 12.8. The van der Waals surface area contributed by atoms with Crippen molar-refractivity contribution in [1.29, 1.82) is 0 Å². The summed E-state index contributed by atoms with van der Waals surface area (Å²) >= 11 is 0. The molecule has 0 saturated heterocycles. The number of carbonyl (C=O) groups excluding carboxylic acids is 2. The minimum atomic E-state index is 0.124. The Bertz CT molecular complexity index is 1040. The van der Waals surface area contributed by atoms with Crippen LogP contribution in [0.1, 0.15) is 75.8 Å². The minimum Gasteiger partial charge on any atom is -0.378 e. The number of hydrogen-bond acceptors (Lipinski definition) is 3. The van der Waals surface area contributed by atoms with E-state index in [0.717, 1.165) is 32.1 Å². The zero-order valence-electron chi connectivity index (χ0n) is 20.1. The van der Waals surface area contributed by atoms with Crippen LogP contribution in [0.15, 0.2) is 29.8 Å². The van der Waals surface area contributed by atoms with Crippen LogP contribution in [0.3, 0.4) is 0 Å². The zero-order valence-corrected chi connectivity index (χ0v) is 20.1. The quantitative estimate of drug-likeness (QED) is 0.601. The third-order valence-electron chi connectivity index (χ3n) is 10.7. The molecule has 0 amide bonds. The number of fused-ring (bicyclic) bond motifs is 4. The number of carbonyl (C=O) groups is 2. The number of benzene rings is 1. The monoisotopic (exact) mass is 431 g/mol. The van der Waals surface area contributed by atoms with E-state index in [4.69, 9.17) is 0 Å². The molecule has 170 valence electrons. The van der Waals surface area contributed by atoms with E-state index >= 15 is 0 Å². The lowest BCUT2D eigenvalue weighted by Crippen LogP contribution is -2.57. The normalized spacial score (nSPS) is 41.7. The second kappa shape index (κ2) is 6.81. The standard InChI is InChI=1S/C29H37NO2/c1-17(31)25-9-10-26-23-7-5-19-14-21(32)11-12-29(19)15-18-13-20(30(3)4)6-8-22(18)24(27(23)29)16-28(25,26)2/h6,8,13-14,23-27H,5,7,9-12,15-16H2,1-4H3/t23-,24+,25+,26-,27+,28+,29+/m0/s1. The Morgan fingerprint density at radius 1 is 1.12 bits per heavy atom. The summed E-state index contributed by atoms with van der Waals surface area (Å²) in [6, 6.07) is 7.12. The summed E-state index contributed by atoms with van der Waals surface area (Å²) in [6.45, 7) is 4.29. The number of hydrogen-bond donors (Lipinski definition) is 0. The third-order valence-corrected chi connectivity index (χ3v) is 10.7. The fourth-order valence-corrected chi connectivity index (χ4v) is 9.54. The van der Waals surface area contributed by atoms with Crippen molar-refractivity contribution in [3.8, 4) is 0 Å². The number of allylic oxidation sites excluding steroid dienone is 1. The highest BCUT2D eigenvalue weighted by atomic mass is 16.1. The van der Waals surface area contributed by atoms with E-state index in [2.05, 4.69) is 50.2 Å². The van der Waals surface area contributed by atoms with Gasteiger partial charge in [-0.2, -0.15) is 0 Å². The predicted molar refractivity (Wildman–Crippen MR) is 128 cm³/mol. The first-order chi connectivity index (χ1) is 15.2. The van der Waals surface area contributed by atoms with E-state index in [0.29, 0.717) is 41.7 Å². The van der Waals surface area contributed by atoms with Crippen LogP contribution in [0, 0.1) is 34.5 Å². The van der Waals surface area contributed by atoms with Crippen LogP contribution >= 0.6 is 0 Å². The lowest BCUT2D eigenvalue weighted by molar-refractivity contribution is -0.131. The van der Waals surface area contributed by atoms with Crippen molar-refractivity contribution in [2.75, 3.05) is 19.0 Å². The van der Waals surface area contributed by atoms with Crippen LogP contribution in [0.2, 0.25) is 0 Å². The van der Waals surface area contributed by atoms with E-state index in [1.807, 2.05) is 6.92 Å². The lowest BCUT2D eigenvalue weighted by atomic mass is 9.40. The molecule has 3 nitrogen and oxygen atoms in total. The van der Waals surface area contributed by atoms with Crippen LogP contribution in [0.4, 0.5) is 5.69 Å².